The number of carbonyl (C=O) groups is 1. The van der Waals surface area contributed by atoms with Crippen LogP contribution in [0, 0.1) is 5.92 Å². The molecule has 0 N–H and O–H groups in total. The van der Waals surface area contributed by atoms with Crippen molar-refractivity contribution in [2.24, 2.45) is 5.92 Å². The average molecular weight is 233 g/mol. The van der Waals surface area contributed by atoms with E-state index in [1.54, 1.807) is 0 Å². The molecular weight excluding hydrogens is 212 g/mol. The molecule has 1 heterocycles. The lowest BCUT2D eigenvalue weighted by molar-refractivity contribution is -0.130. The van der Waals surface area contributed by atoms with Crippen molar-refractivity contribution in [3.8, 4) is 0 Å². The molecule has 1 atom stereocenters. The Morgan fingerprint density at radius 2 is 2.33 bits per heavy atom. The average Bonchev–Trinajstić information content (AvgIpc) is 2.60. The van der Waals surface area contributed by atoms with Gasteiger partial charge in [0.25, 0.3) is 0 Å². The molecular formula is C11H21ClN2O. The van der Waals surface area contributed by atoms with Gasteiger partial charge in [-0.05, 0) is 32.4 Å². The Labute approximate surface area is 97.4 Å². The first-order chi connectivity index (χ1) is 7.13. The number of alkyl halides is 1. The lowest BCUT2D eigenvalue weighted by atomic mass is 10.1. The fourth-order valence-corrected chi connectivity index (χ4v) is 2.21. The molecule has 0 aliphatic carbocycles. The molecule has 0 spiro atoms. The maximum Gasteiger partial charge on any atom is 0.222 e. The van der Waals surface area contributed by atoms with E-state index in [1.807, 2.05) is 11.9 Å². The first-order valence-electron chi connectivity index (χ1n) is 5.62. The number of likely N-dealkylation sites (tertiary alicyclic amines) is 1. The molecule has 3 nitrogen and oxygen atoms in total. The summed E-state index contributed by atoms with van der Waals surface area (Å²) in [6.07, 6.45) is 2.58. The summed E-state index contributed by atoms with van der Waals surface area (Å²) in [6.45, 7) is 3.17. The van der Waals surface area contributed by atoms with Crippen molar-refractivity contribution in [1.29, 1.82) is 0 Å². The van der Waals surface area contributed by atoms with Gasteiger partial charge in [0.1, 0.15) is 0 Å². The van der Waals surface area contributed by atoms with E-state index in [0.717, 1.165) is 26.1 Å². The molecule has 0 aromatic rings. The molecule has 0 saturated carbocycles. The van der Waals surface area contributed by atoms with Crippen LogP contribution in [0.2, 0.25) is 0 Å². The van der Waals surface area contributed by atoms with E-state index >= 15 is 0 Å². The first kappa shape index (κ1) is 12.8. The van der Waals surface area contributed by atoms with Crippen LogP contribution in [-0.4, -0.2) is 55.3 Å². The number of nitrogens with zero attached hydrogens (tertiary/aromatic N) is 2. The normalized spacial score (nSPS) is 21.9. The van der Waals surface area contributed by atoms with Crippen LogP contribution in [-0.2, 0) is 4.79 Å². The zero-order valence-corrected chi connectivity index (χ0v) is 10.5. The van der Waals surface area contributed by atoms with E-state index in [4.69, 9.17) is 11.6 Å². The molecule has 1 fully saturated rings. The van der Waals surface area contributed by atoms with Gasteiger partial charge in [0, 0.05) is 32.4 Å². The number of carbonyl (C=O) groups excluding carboxylic acids is 1. The van der Waals surface area contributed by atoms with Crippen molar-refractivity contribution in [1.82, 2.24) is 9.80 Å². The van der Waals surface area contributed by atoms with Crippen LogP contribution in [0.3, 0.4) is 0 Å². The molecule has 88 valence electrons. The molecule has 0 aromatic heterocycles. The molecule has 1 unspecified atom stereocenters. The van der Waals surface area contributed by atoms with Crippen molar-refractivity contribution in [2.75, 3.05) is 39.6 Å². The van der Waals surface area contributed by atoms with Gasteiger partial charge in [-0.25, -0.2) is 0 Å². The smallest absolute Gasteiger partial charge is 0.222 e. The van der Waals surface area contributed by atoms with E-state index in [1.165, 1.54) is 6.42 Å². The van der Waals surface area contributed by atoms with Crippen LogP contribution in [0.4, 0.5) is 0 Å². The summed E-state index contributed by atoms with van der Waals surface area (Å²) >= 11 is 5.56. The molecule has 0 aromatic carbocycles. The Hall–Kier alpha value is -0.280. The molecule has 1 aliphatic heterocycles. The second kappa shape index (κ2) is 6.33. The van der Waals surface area contributed by atoms with E-state index in [-0.39, 0.29) is 5.91 Å². The van der Waals surface area contributed by atoms with Gasteiger partial charge >= 0.3 is 0 Å². The van der Waals surface area contributed by atoms with Crippen LogP contribution in [0.25, 0.3) is 0 Å². The van der Waals surface area contributed by atoms with Crippen LogP contribution in [0.1, 0.15) is 19.3 Å². The van der Waals surface area contributed by atoms with Gasteiger partial charge < -0.3 is 9.80 Å². The second-order valence-corrected chi connectivity index (χ2v) is 4.86. The lowest BCUT2D eigenvalue weighted by Crippen LogP contribution is -2.32. The highest BCUT2D eigenvalue weighted by Gasteiger charge is 2.22. The number of hydrogen-bond acceptors (Lipinski definition) is 2. The fourth-order valence-electron chi connectivity index (χ4n) is 2.07. The van der Waals surface area contributed by atoms with Gasteiger partial charge in [0.05, 0.1) is 0 Å². The SMILES string of the molecule is CN1CCC(CN(C)C(=O)CCCCl)C1. The highest BCUT2D eigenvalue weighted by Crippen LogP contribution is 2.15. The molecule has 0 radical (unpaired) electrons. The number of hydrogen-bond donors (Lipinski definition) is 0. The number of amides is 1. The largest absolute Gasteiger partial charge is 0.345 e. The predicted octanol–water partition coefficient (Wildman–Crippen LogP) is 1.42. The fraction of sp³-hybridized carbons (Fsp3) is 0.909. The van der Waals surface area contributed by atoms with Crippen LogP contribution >= 0.6 is 11.6 Å². The Balaban J connectivity index is 2.22. The summed E-state index contributed by atoms with van der Waals surface area (Å²) in [7, 11) is 4.03. The van der Waals surface area contributed by atoms with Gasteiger partial charge in [-0.1, -0.05) is 0 Å². The van der Waals surface area contributed by atoms with Crippen molar-refractivity contribution < 1.29 is 4.79 Å². The Morgan fingerprint density at radius 1 is 1.60 bits per heavy atom. The summed E-state index contributed by atoms with van der Waals surface area (Å²) in [5.74, 6) is 1.45. The third-order valence-electron chi connectivity index (χ3n) is 2.97. The maximum atomic E-state index is 11.6. The van der Waals surface area contributed by atoms with E-state index < -0.39 is 0 Å². The van der Waals surface area contributed by atoms with Gasteiger partial charge in [0.2, 0.25) is 5.91 Å². The first-order valence-corrected chi connectivity index (χ1v) is 6.15. The highest BCUT2D eigenvalue weighted by atomic mass is 35.5. The van der Waals surface area contributed by atoms with Crippen LogP contribution < -0.4 is 0 Å². The molecule has 4 heteroatoms. The third-order valence-corrected chi connectivity index (χ3v) is 3.24. The van der Waals surface area contributed by atoms with Crippen LogP contribution in [0.5, 0.6) is 0 Å². The Bertz CT molecular complexity index is 211. The van der Waals surface area contributed by atoms with E-state index in [0.29, 0.717) is 18.2 Å². The molecule has 1 rings (SSSR count). The van der Waals surface area contributed by atoms with Crippen molar-refractivity contribution in [3.63, 3.8) is 0 Å². The highest BCUT2D eigenvalue weighted by molar-refractivity contribution is 6.17. The van der Waals surface area contributed by atoms with Gasteiger partial charge in [0.15, 0.2) is 0 Å². The zero-order chi connectivity index (χ0) is 11.3. The molecule has 15 heavy (non-hydrogen) atoms. The number of rotatable bonds is 5. The summed E-state index contributed by atoms with van der Waals surface area (Å²) < 4.78 is 0. The monoisotopic (exact) mass is 232 g/mol. The van der Waals surface area contributed by atoms with Crippen molar-refractivity contribution >= 4 is 17.5 Å². The summed E-state index contributed by atoms with van der Waals surface area (Å²) in [5, 5.41) is 0. The van der Waals surface area contributed by atoms with Gasteiger partial charge in [-0.15, -0.1) is 11.6 Å². The Kier molecular flexibility index (Phi) is 5.40. The maximum absolute atomic E-state index is 11.6. The quantitative estimate of drug-likeness (QED) is 0.670. The van der Waals surface area contributed by atoms with Gasteiger partial charge in [-0.2, -0.15) is 0 Å². The molecule has 1 aliphatic rings. The minimum Gasteiger partial charge on any atom is -0.345 e. The van der Waals surface area contributed by atoms with Crippen molar-refractivity contribution in [3.05, 3.63) is 0 Å². The summed E-state index contributed by atoms with van der Waals surface area (Å²) in [5.41, 5.74) is 0. The Morgan fingerprint density at radius 3 is 2.87 bits per heavy atom. The number of halogens is 1. The summed E-state index contributed by atoms with van der Waals surface area (Å²) in [6, 6.07) is 0. The topological polar surface area (TPSA) is 23.6 Å². The standard InChI is InChI=1S/C11H21ClN2O/c1-13-7-5-10(8-13)9-14(2)11(15)4-3-6-12/h10H,3-9H2,1-2H3. The predicted molar refractivity (Wildman–Crippen MR) is 63.2 cm³/mol. The third kappa shape index (κ3) is 4.39. The van der Waals surface area contributed by atoms with E-state index in [9.17, 15) is 4.79 Å². The van der Waals surface area contributed by atoms with Gasteiger partial charge in [-0.3, -0.25) is 4.79 Å². The second-order valence-electron chi connectivity index (χ2n) is 4.48. The minimum absolute atomic E-state index is 0.227. The summed E-state index contributed by atoms with van der Waals surface area (Å²) in [4.78, 5) is 15.8. The zero-order valence-electron chi connectivity index (χ0n) is 9.71. The van der Waals surface area contributed by atoms with E-state index in [2.05, 4.69) is 11.9 Å². The molecule has 1 saturated heterocycles. The molecule has 1 amide bonds. The lowest BCUT2D eigenvalue weighted by Gasteiger charge is -2.21. The van der Waals surface area contributed by atoms with Crippen molar-refractivity contribution in [2.45, 2.75) is 19.3 Å². The minimum atomic E-state index is 0.227. The molecule has 0 bridgehead atoms. The van der Waals surface area contributed by atoms with Crippen LogP contribution in [0.15, 0.2) is 0 Å².